The van der Waals surface area contributed by atoms with Crippen LogP contribution < -0.4 is 10.6 Å². The zero-order chi connectivity index (χ0) is 22.6. The molecular formula is C22H30N4O4. The molecule has 0 bridgehead atoms. The monoisotopic (exact) mass is 414 g/mol. The van der Waals surface area contributed by atoms with Crippen molar-refractivity contribution in [1.29, 1.82) is 5.26 Å². The van der Waals surface area contributed by atoms with E-state index in [4.69, 9.17) is 5.26 Å². The fourth-order valence-electron chi connectivity index (χ4n) is 3.56. The summed E-state index contributed by atoms with van der Waals surface area (Å²) in [5.74, 6) is -1.09. The SMILES string of the molecule is CC(=O)NC(C(=O)N1C[C@H](O)C[C@H]1C(=O)NC(C)c1ccc(C#N)cc1)C(C)(C)C. The topological polar surface area (TPSA) is 123 Å². The number of β-amino-alcohol motifs (C(OH)–C–C–N with tert-alkyl or cyclic N) is 1. The molecule has 0 aromatic heterocycles. The second kappa shape index (κ2) is 9.26. The van der Waals surface area contributed by atoms with E-state index in [2.05, 4.69) is 10.6 Å². The fraction of sp³-hybridized carbons (Fsp3) is 0.545. The zero-order valence-corrected chi connectivity index (χ0v) is 18.1. The van der Waals surface area contributed by atoms with Crippen LogP contribution in [0.2, 0.25) is 0 Å². The Morgan fingerprint density at radius 3 is 2.30 bits per heavy atom. The highest BCUT2D eigenvalue weighted by molar-refractivity contribution is 5.93. The molecule has 0 saturated carbocycles. The van der Waals surface area contributed by atoms with Gasteiger partial charge in [-0.3, -0.25) is 14.4 Å². The van der Waals surface area contributed by atoms with Crippen LogP contribution in [0.4, 0.5) is 0 Å². The van der Waals surface area contributed by atoms with Gasteiger partial charge in [-0.2, -0.15) is 5.26 Å². The quantitative estimate of drug-likeness (QED) is 0.669. The highest BCUT2D eigenvalue weighted by Gasteiger charge is 2.44. The molecule has 4 atom stereocenters. The number of amides is 3. The second-order valence-corrected chi connectivity index (χ2v) is 8.86. The van der Waals surface area contributed by atoms with Crippen LogP contribution in [0.3, 0.4) is 0 Å². The Balaban J connectivity index is 2.17. The molecule has 1 fully saturated rings. The summed E-state index contributed by atoms with van der Waals surface area (Å²) in [7, 11) is 0. The summed E-state index contributed by atoms with van der Waals surface area (Å²) in [5.41, 5.74) is 0.788. The Bertz CT molecular complexity index is 838. The highest BCUT2D eigenvalue weighted by Crippen LogP contribution is 2.26. The van der Waals surface area contributed by atoms with Crippen LogP contribution >= 0.6 is 0 Å². The largest absolute Gasteiger partial charge is 0.391 e. The third kappa shape index (κ3) is 5.57. The lowest BCUT2D eigenvalue weighted by Crippen LogP contribution is -2.57. The van der Waals surface area contributed by atoms with Crippen molar-refractivity contribution in [3.8, 4) is 6.07 Å². The number of hydrogen-bond acceptors (Lipinski definition) is 5. The molecule has 30 heavy (non-hydrogen) atoms. The van der Waals surface area contributed by atoms with Gasteiger partial charge in [-0.15, -0.1) is 0 Å². The van der Waals surface area contributed by atoms with Crippen LogP contribution in [0.15, 0.2) is 24.3 Å². The Morgan fingerprint density at radius 2 is 1.80 bits per heavy atom. The molecule has 8 heteroatoms. The number of aliphatic hydroxyl groups excluding tert-OH is 1. The van der Waals surface area contributed by atoms with Crippen LogP contribution in [0.5, 0.6) is 0 Å². The summed E-state index contributed by atoms with van der Waals surface area (Å²) in [4.78, 5) is 39.1. The molecule has 1 aromatic carbocycles. The number of carbonyl (C=O) groups excluding carboxylic acids is 3. The van der Waals surface area contributed by atoms with E-state index in [-0.39, 0.29) is 36.7 Å². The van der Waals surface area contributed by atoms with E-state index in [0.29, 0.717) is 5.56 Å². The predicted molar refractivity (Wildman–Crippen MR) is 111 cm³/mol. The Labute approximate surface area is 177 Å². The smallest absolute Gasteiger partial charge is 0.246 e. The maximum atomic E-state index is 13.2. The van der Waals surface area contributed by atoms with Crippen molar-refractivity contribution in [2.24, 2.45) is 5.41 Å². The Morgan fingerprint density at radius 1 is 1.20 bits per heavy atom. The lowest BCUT2D eigenvalue weighted by atomic mass is 9.85. The van der Waals surface area contributed by atoms with E-state index in [1.54, 1.807) is 24.3 Å². The van der Waals surface area contributed by atoms with Gasteiger partial charge in [0.15, 0.2) is 0 Å². The first-order valence-corrected chi connectivity index (χ1v) is 10.00. The minimum atomic E-state index is -0.827. The number of rotatable bonds is 5. The molecule has 0 radical (unpaired) electrons. The van der Waals surface area contributed by atoms with Gasteiger partial charge in [0.05, 0.1) is 23.8 Å². The molecule has 1 aliphatic heterocycles. The van der Waals surface area contributed by atoms with Crippen molar-refractivity contribution in [2.45, 2.75) is 65.3 Å². The lowest BCUT2D eigenvalue weighted by Gasteiger charge is -2.35. The van der Waals surface area contributed by atoms with Crippen LogP contribution in [-0.4, -0.2) is 52.5 Å². The van der Waals surface area contributed by atoms with Gasteiger partial charge < -0.3 is 20.6 Å². The average Bonchev–Trinajstić information content (AvgIpc) is 3.06. The summed E-state index contributed by atoms with van der Waals surface area (Å²) in [6.07, 6.45) is -0.679. The number of hydrogen-bond donors (Lipinski definition) is 3. The molecule has 1 aliphatic rings. The highest BCUT2D eigenvalue weighted by atomic mass is 16.3. The van der Waals surface area contributed by atoms with Crippen molar-refractivity contribution in [3.63, 3.8) is 0 Å². The van der Waals surface area contributed by atoms with E-state index >= 15 is 0 Å². The van der Waals surface area contributed by atoms with E-state index in [1.807, 2.05) is 33.8 Å². The van der Waals surface area contributed by atoms with E-state index < -0.39 is 23.6 Å². The van der Waals surface area contributed by atoms with E-state index in [9.17, 15) is 19.5 Å². The predicted octanol–water partition coefficient (Wildman–Crippen LogP) is 1.25. The summed E-state index contributed by atoms with van der Waals surface area (Å²) in [5, 5.41) is 24.6. The lowest BCUT2D eigenvalue weighted by molar-refractivity contribution is -0.144. The Kier molecular flexibility index (Phi) is 7.21. The zero-order valence-electron chi connectivity index (χ0n) is 18.1. The van der Waals surface area contributed by atoms with Crippen molar-refractivity contribution in [2.75, 3.05) is 6.54 Å². The second-order valence-electron chi connectivity index (χ2n) is 8.86. The number of benzene rings is 1. The summed E-state index contributed by atoms with van der Waals surface area (Å²) in [6.45, 7) is 8.69. The van der Waals surface area contributed by atoms with Gasteiger partial charge in [-0.25, -0.2) is 0 Å². The first-order valence-electron chi connectivity index (χ1n) is 10.00. The molecule has 3 amide bonds. The number of carbonyl (C=O) groups is 3. The fourth-order valence-corrected chi connectivity index (χ4v) is 3.56. The van der Waals surface area contributed by atoms with Crippen molar-refractivity contribution >= 4 is 17.7 Å². The van der Waals surface area contributed by atoms with Crippen LogP contribution in [0.1, 0.15) is 58.2 Å². The average molecular weight is 415 g/mol. The van der Waals surface area contributed by atoms with Crippen molar-refractivity contribution < 1.29 is 19.5 Å². The van der Waals surface area contributed by atoms with Crippen molar-refractivity contribution in [3.05, 3.63) is 35.4 Å². The molecule has 0 spiro atoms. The molecule has 1 aromatic rings. The van der Waals surface area contributed by atoms with Crippen LogP contribution in [0, 0.1) is 16.7 Å². The van der Waals surface area contributed by atoms with Gasteiger partial charge in [-0.05, 0) is 30.0 Å². The third-order valence-corrected chi connectivity index (χ3v) is 5.22. The summed E-state index contributed by atoms with van der Waals surface area (Å²) >= 11 is 0. The molecule has 162 valence electrons. The number of aliphatic hydroxyl groups is 1. The van der Waals surface area contributed by atoms with Gasteiger partial charge in [0, 0.05) is 19.9 Å². The maximum Gasteiger partial charge on any atom is 0.246 e. The van der Waals surface area contributed by atoms with Gasteiger partial charge >= 0.3 is 0 Å². The van der Waals surface area contributed by atoms with Crippen molar-refractivity contribution in [1.82, 2.24) is 15.5 Å². The first-order chi connectivity index (χ1) is 13.9. The first kappa shape index (κ1) is 23.4. The van der Waals surface area contributed by atoms with E-state index in [0.717, 1.165) is 5.56 Å². The molecule has 1 heterocycles. The van der Waals surface area contributed by atoms with Gasteiger partial charge in [0.25, 0.3) is 0 Å². The third-order valence-electron chi connectivity index (χ3n) is 5.22. The molecule has 1 saturated heterocycles. The molecule has 3 N–H and O–H groups in total. The molecule has 8 nitrogen and oxygen atoms in total. The minimum Gasteiger partial charge on any atom is -0.391 e. The van der Waals surface area contributed by atoms with Gasteiger partial charge in [0.2, 0.25) is 17.7 Å². The summed E-state index contributed by atoms with van der Waals surface area (Å²) in [6, 6.07) is 6.95. The van der Waals surface area contributed by atoms with Crippen LogP contribution in [0.25, 0.3) is 0 Å². The minimum absolute atomic E-state index is 0.0360. The standard InChI is InChI=1S/C22H30N4O4/c1-13(16-8-6-15(11-23)7-9-16)24-20(29)18-10-17(28)12-26(18)21(30)19(22(3,4)5)25-14(2)27/h6-9,13,17-19,28H,10,12H2,1-5H3,(H,24,29)(H,25,27)/t13?,17-,18+,19?/m1/s1. The normalized spacial score (nSPS) is 20.8. The molecule has 2 rings (SSSR count). The summed E-state index contributed by atoms with van der Waals surface area (Å²) < 4.78 is 0. The molecular weight excluding hydrogens is 384 g/mol. The number of nitrogens with zero attached hydrogens (tertiary/aromatic N) is 2. The van der Waals surface area contributed by atoms with Gasteiger partial charge in [0.1, 0.15) is 12.1 Å². The Hall–Kier alpha value is -2.92. The van der Waals surface area contributed by atoms with E-state index in [1.165, 1.54) is 11.8 Å². The molecule has 2 unspecified atom stereocenters. The van der Waals surface area contributed by atoms with Crippen LogP contribution in [-0.2, 0) is 14.4 Å². The number of nitriles is 1. The number of nitrogens with one attached hydrogen (secondary N) is 2. The maximum absolute atomic E-state index is 13.2. The van der Waals surface area contributed by atoms with Gasteiger partial charge in [-0.1, -0.05) is 32.9 Å². The number of likely N-dealkylation sites (tertiary alicyclic amines) is 1. The molecule has 0 aliphatic carbocycles.